The van der Waals surface area contributed by atoms with Gasteiger partial charge in [0.05, 0.1) is 6.04 Å². The van der Waals surface area contributed by atoms with Gasteiger partial charge in [-0.05, 0) is 61.6 Å². The first-order chi connectivity index (χ1) is 9.69. The topological polar surface area (TPSA) is 12.0 Å². The van der Waals surface area contributed by atoms with Crippen LogP contribution in [0.5, 0.6) is 0 Å². The van der Waals surface area contributed by atoms with Gasteiger partial charge in [-0.3, -0.25) is 0 Å². The summed E-state index contributed by atoms with van der Waals surface area (Å²) in [5.74, 6) is -0.116. The van der Waals surface area contributed by atoms with Crippen LogP contribution in [-0.2, 0) is 12.8 Å². The molecule has 0 saturated carbocycles. The normalized spacial score (nSPS) is 15.3. The second-order valence-electron chi connectivity index (χ2n) is 5.45. The number of fused-ring (bicyclic) bond motifs is 1. The minimum atomic E-state index is -0.116. The Morgan fingerprint density at radius 1 is 1.30 bits per heavy atom. The summed E-state index contributed by atoms with van der Waals surface area (Å²) in [5, 5.41) is 3.49. The van der Waals surface area contributed by atoms with E-state index in [0.717, 1.165) is 12.1 Å². The quantitative estimate of drug-likeness (QED) is 0.880. The molecule has 1 heterocycles. The van der Waals surface area contributed by atoms with Gasteiger partial charge in [0.15, 0.2) is 0 Å². The van der Waals surface area contributed by atoms with Crippen LogP contribution in [0.4, 0.5) is 4.39 Å². The fraction of sp³-hybridized carbons (Fsp3) is 0.412. The molecule has 0 spiro atoms. The standard InChI is InChI=1S/C17H20FNS/c1-3-19-17(13-8-7-11(2)14(18)9-13)16-10-12-5-4-6-15(12)20-16/h7-10,17,19H,3-6H2,1-2H3. The molecular weight excluding hydrogens is 269 g/mol. The average molecular weight is 289 g/mol. The van der Waals surface area contributed by atoms with Gasteiger partial charge in [0, 0.05) is 9.75 Å². The Kier molecular flexibility index (Phi) is 3.90. The van der Waals surface area contributed by atoms with Crippen LogP contribution in [0.3, 0.4) is 0 Å². The molecule has 0 radical (unpaired) electrons. The van der Waals surface area contributed by atoms with Gasteiger partial charge in [-0.15, -0.1) is 11.3 Å². The summed E-state index contributed by atoms with van der Waals surface area (Å²) in [5.41, 5.74) is 3.23. The molecule has 1 atom stereocenters. The molecule has 1 N–H and O–H groups in total. The maximum Gasteiger partial charge on any atom is 0.126 e. The van der Waals surface area contributed by atoms with E-state index in [-0.39, 0.29) is 11.9 Å². The van der Waals surface area contributed by atoms with E-state index in [1.165, 1.54) is 34.6 Å². The summed E-state index contributed by atoms with van der Waals surface area (Å²) in [7, 11) is 0. The Bertz CT molecular complexity index is 596. The predicted octanol–water partition coefficient (Wildman–Crippen LogP) is 4.38. The molecule has 0 fully saturated rings. The number of aryl methyl sites for hydroxylation is 3. The van der Waals surface area contributed by atoms with E-state index in [9.17, 15) is 4.39 Å². The van der Waals surface area contributed by atoms with E-state index < -0.39 is 0 Å². The highest BCUT2D eigenvalue weighted by Gasteiger charge is 2.21. The summed E-state index contributed by atoms with van der Waals surface area (Å²) < 4.78 is 13.8. The summed E-state index contributed by atoms with van der Waals surface area (Å²) in [4.78, 5) is 2.84. The third-order valence-corrected chi connectivity index (χ3v) is 5.29. The fourth-order valence-electron chi connectivity index (χ4n) is 2.87. The van der Waals surface area contributed by atoms with Crippen LogP contribution in [0.15, 0.2) is 24.3 Å². The smallest absolute Gasteiger partial charge is 0.126 e. The zero-order valence-corrected chi connectivity index (χ0v) is 12.8. The molecule has 0 saturated heterocycles. The van der Waals surface area contributed by atoms with Crippen molar-refractivity contribution < 1.29 is 4.39 Å². The van der Waals surface area contributed by atoms with E-state index >= 15 is 0 Å². The van der Waals surface area contributed by atoms with Crippen molar-refractivity contribution in [3.8, 4) is 0 Å². The molecule has 106 valence electrons. The maximum absolute atomic E-state index is 13.8. The van der Waals surface area contributed by atoms with Crippen molar-refractivity contribution in [2.24, 2.45) is 0 Å². The van der Waals surface area contributed by atoms with Crippen LogP contribution in [0.1, 0.15) is 45.8 Å². The third kappa shape index (κ3) is 2.52. The second-order valence-corrected chi connectivity index (χ2v) is 6.62. The molecule has 1 nitrogen and oxygen atoms in total. The van der Waals surface area contributed by atoms with Crippen LogP contribution in [0.25, 0.3) is 0 Å². The SMILES string of the molecule is CCNC(c1ccc(C)c(F)c1)c1cc2c(s1)CCC2. The van der Waals surface area contributed by atoms with E-state index in [1.807, 2.05) is 23.5 Å². The van der Waals surface area contributed by atoms with Crippen molar-refractivity contribution in [1.29, 1.82) is 0 Å². The van der Waals surface area contributed by atoms with Gasteiger partial charge in [0.1, 0.15) is 5.82 Å². The van der Waals surface area contributed by atoms with Crippen molar-refractivity contribution in [2.75, 3.05) is 6.54 Å². The van der Waals surface area contributed by atoms with Crippen molar-refractivity contribution >= 4 is 11.3 Å². The first-order valence-electron chi connectivity index (χ1n) is 7.30. The lowest BCUT2D eigenvalue weighted by Crippen LogP contribution is -2.21. The Labute approximate surface area is 123 Å². The minimum absolute atomic E-state index is 0.116. The number of rotatable bonds is 4. The first kappa shape index (κ1) is 13.8. The molecule has 0 bridgehead atoms. The lowest BCUT2D eigenvalue weighted by Gasteiger charge is -2.17. The van der Waals surface area contributed by atoms with Crippen molar-refractivity contribution in [3.63, 3.8) is 0 Å². The van der Waals surface area contributed by atoms with Gasteiger partial charge in [-0.2, -0.15) is 0 Å². The summed E-state index contributed by atoms with van der Waals surface area (Å²) in [6.07, 6.45) is 3.69. The highest BCUT2D eigenvalue weighted by molar-refractivity contribution is 7.12. The van der Waals surface area contributed by atoms with Gasteiger partial charge in [-0.1, -0.05) is 19.1 Å². The van der Waals surface area contributed by atoms with Crippen molar-refractivity contribution in [3.05, 3.63) is 56.5 Å². The van der Waals surface area contributed by atoms with E-state index in [1.54, 1.807) is 13.0 Å². The van der Waals surface area contributed by atoms with Crippen LogP contribution < -0.4 is 5.32 Å². The highest BCUT2D eigenvalue weighted by atomic mass is 32.1. The van der Waals surface area contributed by atoms with Crippen LogP contribution in [0, 0.1) is 12.7 Å². The number of hydrogen-bond donors (Lipinski definition) is 1. The van der Waals surface area contributed by atoms with Crippen molar-refractivity contribution in [1.82, 2.24) is 5.32 Å². The van der Waals surface area contributed by atoms with Crippen LogP contribution in [-0.4, -0.2) is 6.54 Å². The molecular formula is C17H20FNS. The molecule has 1 aliphatic carbocycles. The van der Waals surface area contributed by atoms with E-state index in [0.29, 0.717) is 5.56 Å². The Balaban J connectivity index is 1.96. The predicted molar refractivity (Wildman–Crippen MR) is 83.0 cm³/mol. The molecule has 1 unspecified atom stereocenters. The van der Waals surface area contributed by atoms with Gasteiger partial charge >= 0.3 is 0 Å². The number of thiophene rings is 1. The molecule has 2 aromatic rings. The zero-order valence-electron chi connectivity index (χ0n) is 12.0. The number of hydrogen-bond acceptors (Lipinski definition) is 2. The second kappa shape index (κ2) is 5.66. The average Bonchev–Trinajstić information content (AvgIpc) is 3.00. The lowest BCUT2D eigenvalue weighted by molar-refractivity contribution is 0.600. The Morgan fingerprint density at radius 3 is 2.85 bits per heavy atom. The maximum atomic E-state index is 13.8. The molecule has 0 amide bonds. The van der Waals surface area contributed by atoms with Gasteiger partial charge in [0.2, 0.25) is 0 Å². The zero-order chi connectivity index (χ0) is 14.1. The fourth-order valence-corrected chi connectivity index (χ4v) is 4.23. The summed E-state index contributed by atoms with van der Waals surface area (Å²) >= 11 is 1.89. The van der Waals surface area contributed by atoms with E-state index in [2.05, 4.69) is 18.3 Å². The Hall–Kier alpha value is -1.19. The number of halogens is 1. The third-order valence-electron chi connectivity index (χ3n) is 3.99. The molecule has 1 aliphatic rings. The number of nitrogens with one attached hydrogen (secondary N) is 1. The van der Waals surface area contributed by atoms with Gasteiger partial charge in [0.25, 0.3) is 0 Å². The minimum Gasteiger partial charge on any atom is -0.306 e. The largest absolute Gasteiger partial charge is 0.306 e. The number of benzene rings is 1. The highest BCUT2D eigenvalue weighted by Crippen LogP contribution is 2.36. The molecule has 20 heavy (non-hydrogen) atoms. The van der Waals surface area contributed by atoms with Gasteiger partial charge < -0.3 is 5.32 Å². The molecule has 1 aromatic carbocycles. The molecule has 1 aromatic heterocycles. The molecule has 3 heteroatoms. The first-order valence-corrected chi connectivity index (χ1v) is 8.11. The van der Waals surface area contributed by atoms with Crippen molar-refractivity contribution in [2.45, 2.75) is 39.2 Å². The summed E-state index contributed by atoms with van der Waals surface area (Å²) in [6, 6.07) is 8.02. The van der Waals surface area contributed by atoms with Crippen LogP contribution in [0.2, 0.25) is 0 Å². The Morgan fingerprint density at radius 2 is 2.15 bits per heavy atom. The van der Waals surface area contributed by atoms with E-state index in [4.69, 9.17) is 0 Å². The lowest BCUT2D eigenvalue weighted by atomic mass is 10.0. The van der Waals surface area contributed by atoms with Crippen LogP contribution >= 0.6 is 11.3 Å². The molecule has 0 aliphatic heterocycles. The van der Waals surface area contributed by atoms with Gasteiger partial charge in [-0.25, -0.2) is 4.39 Å². The monoisotopic (exact) mass is 289 g/mol. The molecule has 3 rings (SSSR count). The summed E-state index contributed by atoms with van der Waals surface area (Å²) in [6.45, 7) is 4.78.